The number of ether oxygens (including phenoxy) is 2. The Morgan fingerprint density at radius 1 is 1.56 bits per heavy atom. The summed E-state index contributed by atoms with van der Waals surface area (Å²) in [6.07, 6.45) is 0.183. The van der Waals surface area contributed by atoms with E-state index in [9.17, 15) is 14.7 Å². The molecule has 8 nitrogen and oxygen atoms in total. The largest absolute Gasteiger partial charge is 0.501 e. The predicted molar refractivity (Wildman–Crippen MR) is 60.3 cm³/mol. The van der Waals surface area contributed by atoms with Crippen molar-refractivity contribution in [3.63, 3.8) is 0 Å². The third-order valence-corrected chi connectivity index (χ3v) is 1.90. The van der Waals surface area contributed by atoms with E-state index in [1.165, 1.54) is 26.3 Å². The molecule has 0 saturated heterocycles. The molecule has 0 bridgehead atoms. The van der Waals surface area contributed by atoms with Crippen molar-refractivity contribution in [2.75, 3.05) is 7.11 Å². The lowest BCUT2D eigenvalue weighted by Crippen LogP contribution is -2.42. The standard InChI is InChI=1S/C10H13N3O5/c1-5(11)8(15)13-10(16)18-9-7(14)6(17-2)3-4-12-9/h3-5,14H,11H2,1-2H3,(H,13,15,16)/t5-/m0/s1. The second-order valence-corrected chi connectivity index (χ2v) is 3.33. The molecule has 1 rings (SSSR count). The number of hydrogen-bond donors (Lipinski definition) is 3. The number of rotatable bonds is 3. The summed E-state index contributed by atoms with van der Waals surface area (Å²) in [6.45, 7) is 1.41. The van der Waals surface area contributed by atoms with Crippen LogP contribution in [0.3, 0.4) is 0 Å². The van der Waals surface area contributed by atoms with E-state index in [4.69, 9.17) is 10.5 Å². The fourth-order valence-corrected chi connectivity index (χ4v) is 0.985. The topological polar surface area (TPSA) is 124 Å². The van der Waals surface area contributed by atoms with Crippen LogP contribution in [0.4, 0.5) is 4.79 Å². The molecule has 0 aliphatic rings. The number of hydrogen-bond acceptors (Lipinski definition) is 7. The highest BCUT2D eigenvalue weighted by Gasteiger charge is 2.17. The Morgan fingerprint density at radius 3 is 2.78 bits per heavy atom. The Morgan fingerprint density at radius 2 is 2.22 bits per heavy atom. The van der Waals surface area contributed by atoms with Crippen LogP contribution in [0.25, 0.3) is 0 Å². The number of carbonyl (C=O) groups excluding carboxylic acids is 2. The molecule has 1 heterocycles. The summed E-state index contributed by atoms with van der Waals surface area (Å²) in [5, 5.41) is 11.5. The van der Waals surface area contributed by atoms with Crippen LogP contribution in [0.5, 0.6) is 17.4 Å². The van der Waals surface area contributed by atoms with Crippen molar-refractivity contribution in [3.8, 4) is 17.4 Å². The lowest BCUT2D eigenvalue weighted by atomic mass is 10.3. The number of nitrogens with two attached hydrogens (primary N) is 1. The van der Waals surface area contributed by atoms with Gasteiger partial charge in [0.25, 0.3) is 5.88 Å². The number of amides is 2. The highest BCUT2D eigenvalue weighted by atomic mass is 16.6. The van der Waals surface area contributed by atoms with Gasteiger partial charge in [0, 0.05) is 12.3 Å². The van der Waals surface area contributed by atoms with Crippen LogP contribution >= 0.6 is 0 Å². The van der Waals surface area contributed by atoms with E-state index in [-0.39, 0.29) is 11.6 Å². The molecule has 1 aromatic rings. The van der Waals surface area contributed by atoms with Gasteiger partial charge in [0.15, 0.2) is 5.75 Å². The molecule has 0 radical (unpaired) electrons. The molecule has 0 spiro atoms. The lowest BCUT2D eigenvalue weighted by molar-refractivity contribution is -0.121. The van der Waals surface area contributed by atoms with Crippen LogP contribution in [0.1, 0.15) is 6.92 Å². The maximum Gasteiger partial charge on any atom is 0.420 e. The number of carbonyl (C=O) groups is 2. The van der Waals surface area contributed by atoms with Crippen molar-refractivity contribution in [1.82, 2.24) is 10.3 Å². The van der Waals surface area contributed by atoms with Gasteiger partial charge in [0.2, 0.25) is 11.7 Å². The normalized spacial score (nSPS) is 11.5. The molecule has 98 valence electrons. The molecular weight excluding hydrogens is 242 g/mol. The monoisotopic (exact) mass is 255 g/mol. The van der Waals surface area contributed by atoms with Crippen molar-refractivity contribution < 1.29 is 24.2 Å². The van der Waals surface area contributed by atoms with Crippen LogP contribution < -0.4 is 20.5 Å². The SMILES string of the molecule is COc1ccnc(OC(=O)NC(=O)[C@H](C)N)c1O. The van der Waals surface area contributed by atoms with E-state index in [0.29, 0.717) is 0 Å². The van der Waals surface area contributed by atoms with Gasteiger partial charge >= 0.3 is 6.09 Å². The molecule has 1 atom stereocenters. The van der Waals surface area contributed by atoms with Crippen molar-refractivity contribution in [2.45, 2.75) is 13.0 Å². The second-order valence-electron chi connectivity index (χ2n) is 3.33. The van der Waals surface area contributed by atoms with E-state index < -0.39 is 23.8 Å². The Bertz CT molecular complexity index is 461. The minimum Gasteiger partial charge on any atom is -0.501 e. The predicted octanol–water partition coefficient (Wildman–Crippen LogP) is -0.242. The molecule has 4 N–H and O–H groups in total. The van der Waals surface area contributed by atoms with E-state index in [1.54, 1.807) is 0 Å². The number of methoxy groups -OCH3 is 1. The zero-order chi connectivity index (χ0) is 13.7. The number of nitrogens with one attached hydrogen (secondary N) is 1. The van der Waals surface area contributed by atoms with E-state index >= 15 is 0 Å². The van der Waals surface area contributed by atoms with Gasteiger partial charge in [-0.15, -0.1) is 0 Å². The molecular formula is C10H13N3O5. The molecule has 8 heteroatoms. The third kappa shape index (κ3) is 3.32. The molecule has 1 aromatic heterocycles. The first kappa shape index (κ1) is 13.7. The summed E-state index contributed by atoms with van der Waals surface area (Å²) in [6, 6.07) is 0.525. The Labute approximate surface area is 103 Å². The minimum atomic E-state index is -1.09. The summed E-state index contributed by atoms with van der Waals surface area (Å²) in [5.41, 5.74) is 5.25. The first-order valence-corrected chi connectivity index (χ1v) is 4.96. The average molecular weight is 255 g/mol. The van der Waals surface area contributed by atoms with E-state index in [0.717, 1.165) is 0 Å². The van der Waals surface area contributed by atoms with Gasteiger partial charge in [-0.3, -0.25) is 10.1 Å². The van der Waals surface area contributed by atoms with Crippen LogP contribution in [-0.4, -0.2) is 35.2 Å². The quantitative estimate of drug-likeness (QED) is 0.680. The maximum atomic E-state index is 11.3. The summed E-state index contributed by atoms with van der Waals surface area (Å²) in [7, 11) is 1.33. The summed E-state index contributed by atoms with van der Waals surface area (Å²) >= 11 is 0. The van der Waals surface area contributed by atoms with Crippen LogP contribution in [0.2, 0.25) is 0 Å². The number of imide groups is 1. The molecule has 0 aliphatic heterocycles. The van der Waals surface area contributed by atoms with E-state index in [2.05, 4.69) is 9.72 Å². The molecule has 18 heavy (non-hydrogen) atoms. The van der Waals surface area contributed by atoms with Crippen LogP contribution in [0, 0.1) is 0 Å². The molecule has 0 aromatic carbocycles. The highest BCUT2D eigenvalue weighted by Crippen LogP contribution is 2.33. The second kappa shape index (κ2) is 5.82. The van der Waals surface area contributed by atoms with Crippen LogP contribution in [0.15, 0.2) is 12.3 Å². The minimum absolute atomic E-state index is 0.0892. The number of pyridine rings is 1. The van der Waals surface area contributed by atoms with Crippen molar-refractivity contribution in [2.24, 2.45) is 5.73 Å². The molecule has 0 unspecified atom stereocenters. The fraction of sp³-hybridized carbons (Fsp3) is 0.300. The smallest absolute Gasteiger partial charge is 0.420 e. The highest BCUT2D eigenvalue weighted by molar-refractivity contribution is 5.95. The number of nitrogens with zero attached hydrogens (tertiary/aromatic N) is 1. The summed E-state index contributed by atoms with van der Waals surface area (Å²) in [5.74, 6) is -1.43. The lowest BCUT2D eigenvalue weighted by Gasteiger charge is -2.09. The zero-order valence-corrected chi connectivity index (χ0v) is 9.84. The number of aromatic hydroxyl groups is 1. The molecule has 2 amide bonds. The fourth-order valence-electron chi connectivity index (χ4n) is 0.985. The summed E-state index contributed by atoms with van der Waals surface area (Å²) < 4.78 is 9.44. The van der Waals surface area contributed by atoms with Gasteiger partial charge in [0.1, 0.15) is 0 Å². The van der Waals surface area contributed by atoms with Crippen molar-refractivity contribution >= 4 is 12.0 Å². The van der Waals surface area contributed by atoms with Crippen molar-refractivity contribution in [1.29, 1.82) is 0 Å². The zero-order valence-electron chi connectivity index (χ0n) is 9.84. The first-order valence-electron chi connectivity index (χ1n) is 4.96. The van der Waals surface area contributed by atoms with Crippen LogP contribution in [-0.2, 0) is 4.79 Å². The number of aromatic nitrogens is 1. The van der Waals surface area contributed by atoms with Gasteiger partial charge in [-0.05, 0) is 6.92 Å². The van der Waals surface area contributed by atoms with Gasteiger partial charge < -0.3 is 20.3 Å². The van der Waals surface area contributed by atoms with Crippen molar-refractivity contribution in [3.05, 3.63) is 12.3 Å². The molecule has 0 aliphatic carbocycles. The Hall–Kier alpha value is -2.35. The Kier molecular flexibility index (Phi) is 4.44. The maximum absolute atomic E-state index is 11.3. The first-order chi connectivity index (χ1) is 8.45. The van der Waals surface area contributed by atoms with Gasteiger partial charge in [-0.1, -0.05) is 0 Å². The molecule has 0 fully saturated rings. The van der Waals surface area contributed by atoms with E-state index in [1.807, 2.05) is 5.32 Å². The third-order valence-electron chi connectivity index (χ3n) is 1.90. The van der Waals surface area contributed by atoms with Gasteiger partial charge in [-0.2, -0.15) is 0 Å². The molecule has 0 saturated carbocycles. The average Bonchev–Trinajstić information content (AvgIpc) is 2.31. The summed E-state index contributed by atoms with van der Waals surface area (Å²) in [4.78, 5) is 26.0. The van der Waals surface area contributed by atoms with Gasteiger partial charge in [-0.25, -0.2) is 9.78 Å². The Balaban J connectivity index is 2.73. The van der Waals surface area contributed by atoms with Gasteiger partial charge in [0.05, 0.1) is 13.2 Å².